The lowest BCUT2D eigenvalue weighted by Crippen LogP contribution is -2.53. The van der Waals surface area contributed by atoms with Crippen molar-refractivity contribution in [2.24, 2.45) is 0 Å². The molecule has 0 bridgehead atoms. The van der Waals surface area contributed by atoms with Gasteiger partial charge in [-0.3, -0.25) is 14.5 Å². The molecule has 1 aromatic carbocycles. The predicted octanol–water partition coefficient (Wildman–Crippen LogP) is -0.358. The topological polar surface area (TPSA) is 108 Å². The van der Waals surface area contributed by atoms with Crippen molar-refractivity contribution in [3.8, 4) is 5.75 Å². The molecule has 156 valence electrons. The molecule has 0 radical (unpaired) electrons. The molecule has 1 fully saturated rings. The highest BCUT2D eigenvalue weighted by atomic mass is 32.2. The summed E-state index contributed by atoms with van der Waals surface area (Å²) >= 11 is 0. The van der Waals surface area contributed by atoms with Gasteiger partial charge in [-0.1, -0.05) is 0 Å². The number of benzene rings is 1. The van der Waals surface area contributed by atoms with E-state index in [1.807, 2.05) is 11.8 Å². The molecule has 1 aliphatic heterocycles. The summed E-state index contributed by atoms with van der Waals surface area (Å²) in [5, 5.41) is 5.30. The third kappa shape index (κ3) is 5.66. The fraction of sp³-hybridized carbons (Fsp3) is 0.556. The molecule has 0 aromatic heterocycles. The lowest BCUT2D eigenvalue weighted by atomic mass is 10.3. The third-order valence-electron chi connectivity index (χ3n) is 4.52. The Kier molecular flexibility index (Phi) is 7.78. The van der Waals surface area contributed by atoms with Crippen LogP contribution in [-0.4, -0.2) is 81.9 Å². The third-order valence-corrected chi connectivity index (χ3v) is 6.43. The molecule has 1 aromatic rings. The van der Waals surface area contributed by atoms with Crippen molar-refractivity contribution in [2.45, 2.75) is 24.8 Å². The Labute approximate surface area is 166 Å². The van der Waals surface area contributed by atoms with Crippen molar-refractivity contribution >= 4 is 21.8 Å². The number of nitrogens with zero attached hydrogens (tertiary/aromatic N) is 2. The van der Waals surface area contributed by atoms with Crippen molar-refractivity contribution in [3.05, 3.63) is 24.3 Å². The number of carbonyl (C=O) groups is 2. The number of hydrogen-bond donors (Lipinski definition) is 2. The SMILES string of the molecule is CCNC(=O)[C@@H](C)NC(=O)CN1CCN(S(=O)(=O)c2ccc(OC)cc2)CC1. The maximum atomic E-state index is 12.7. The number of rotatable bonds is 8. The Hall–Kier alpha value is -2.17. The van der Waals surface area contributed by atoms with Gasteiger partial charge in [0, 0.05) is 32.7 Å². The zero-order valence-electron chi connectivity index (χ0n) is 16.5. The van der Waals surface area contributed by atoms with E-state index in [1.54, 1.807) is 19.1 Å². The van der Waals surface area contributed by atoms with Gasteiger partial charge in [-0.15, -0.1) is 0 Å². The number of sulfonamides is 1. The van der Waals surface area contributed by atoms with Crippen molar-refractivity contribution in [2.75, 3.05) is 46.4 Å². The van der Waals surface area contributed by atoms with Crippen LogP contribution < -0.4 is 15.4 Å². The van der Waals surface area contributed by atoms with Gasteiger partial charge in [-0.25, -0.2) is 8.42 Å². The second kappa shape index (κ2) is 9.85. The predicted molar refractivity (Wildman–Crippen MR) is 104 cm³/mol. The smallest absolute Gasteiger partial charge is 0.243 e. The molecule has 10 heteroatoms. The van der Waals surface area contributed by atoms with E-state index in [-0.39, 0.29) is 23.3 Å². The second-order valence-electron chi connectivity index (χ2n) is 6.54. The molecule has 0 saturated carbocycles. The summed E-state index contributed by atoms with van der Waals surface area (Å²) in [4.78, 5) is 25.9. The molecule has 28 heavy (non-hydrogen) atoms. The van der Waals surface area contributed by atoms with Gasteiger partial charge in [0.2, 0.25) is 21.8 Å². The summed E-state index contributed by atoms with van der Waals surface area (Å²) in [5.74, 6) is 0.105. The molecule has 2 N–H and O–H groups in total. The van der Waals surface area contributed by atoms with Crippen LogP contribution in [0.4, 0.5) is 0 Å². The molecule has 1 saturated heterocycles. The van der Waals surface area contributed by atoms with E-state index < -0.39 is 16.1 Å². The number of amides is 2. The Bertz CT molecular complexity index is 774. The van der Waals surface area contributed by atoms with Crippen LogP contribution in [0, 0.1) is 0 Å². The first kappa shape index (κ1) is 22.1. The zero-order valence-corrected chi connectivity index (χ0v) is 17.3. The summed E-state index contributed by atoms with van der Waals surface area (Å²) < 4.78 is 32.0. The number of methoxy groups -OCH3 is 1. The highest BCUT2D eigenvalue weighted by molar-refractivity contribution is 7.89. The van der Waals surface area contributed by atoms with Gasteiger partial charge in [-0.05, 0) is 38.1 Å². The quantitative estimate of drug-likeness (QED) is 0.604. The molecule has 1 heterocycles. The van der Waals surface area contributed by atoms with Gasteiger partial charge < -0.3 is 15.4 Å². The fourth-order valence-corrected chi connectivity index (χ4v) is 4.33. The van der Waals surface area contributed by atoms with Crippen molar-refractivity contribution in [1.29, 1.82) is 0 Å². The van der Waals surface area contributed by atoms with Crippen LogP contribution in [0.1, 0.15) is 13.8 Å². The van der Waals surface area contributed by atoms with Gasteiger partial charge in [0.15, 0.2) is 0 Å². The van der Waals surface area contributed by atoms with Crippen LogP contribution in [-0.2, 0) is 19.6 Å². The first-order chi connectivity index (χ1) is 13.3. The van der Waals surface area contributed by atoms with Crippen LogP contribution in [0.5, 0.6) is 5.75 Å². The first-order valence-corrected chi connectivity index (χ1v) is 10.7. The molecule has 2 rings (SSSR count). The second-order valence-corrected chi connectivity index (χ2v) is 8.48. The van der Waals surface area contributed by atoms with Crippen LogP contribution in [0.2, 0.25) is 0 Å². The summed E-state index contributed by atoms with van der Waals surface area (Å²) in [6.07, 6.45) is 0. The highest BCUT2D eigenvalue weighted by Crippen LogP contribution is 2.20. The van der Waals surface area contributed by atoms with E-state index in [4.69, 9.17) is 4.74 Å². The number of likely N-dealkylation sites (N-methyl/N-ethyl adjacent to an activating group) is 1. The minimum absolute atomic E-state index is 0.125. The number of nitrogens with one attached hydrogen (secondary N) is 2. The standard InChI is InChI=1S/C18H28N4O5S/c1-4-19-18(24)14(2)20-17(23)13-21-9-11-22(12-10-21)28(25,26)16-7-5-15(27-3)6-8-16/h5-8,14H,4,9-13H2,1-3H3,(H,19,24)(H,20,23)/t14-/m1/s1. The molecule has 0 aliphatic carbocycles. The molecule has 0 unspecified atom stereocenters. The Morgan fingerprint density at radius 1 is 1.14 bits per heavy atom. The number of piperazine rings is 1. The minimum atomic E-state index is -3.58. The number of carbonyl (C=O) groups excluding carboxylic acids is 2. The average molecular weight is 413 g/mol. The summed E-state index contributed by atoms with van der Waals surface area (Å²) in [6.45, 7) is 5.55. The number of hydrogen-bond acceptors (Lipinski definition) is 6. The molecular weight excluding hydrogens is 384 g/mol. The van der Waals surface area contributed by atoms with Gasteiger partial charge >= 0.3 is 0 Å². The van der Waals surface area contributed by atoms with Crippen molar-refractivity contribution < 1.29 is 22.7 Å². The van der Waals surface area contributed by atoms with Crippen LogP contribution in [0.15, 0.2) is 29.2 Å². The Morgan fingerprint density at radius 2 is 1.75 bits per heavy atom. The molecule has 2 amide bonds. The van der Waals surface area contributed by atoms with E-state index in [1.165, 1.54) is 23.5 Å². The zero-order chi connectivity index (χ0) is 20.7. The lowest BCUT2D eigenvalue weighted by Gasteiger charge is -2.33. The summed E-state index contributed by atoms with van der Waals surface area (Å²) in [7, 11) is -2.05. The van der Waals surface area contributed by atoms with Gasteiger partial charge in [0.25, 0.3) is 0 Å². The molecular formula is C18H28N4O5S. The molecule has 0 spiro atoms. The van der Waals surface area contributed by atoms with Crippen LogP contribution in [0.25, 0.3) is 0 Å². The fourth-order valence-electron chi connectivity index (χ4n) is 2.91. The Morgan fingerprint density at radius 3 is 2.29 bits per heavy atom. The normalized spacial score (nSPS) is 17.0. The van der Waals surface area contributed by atoms with E-state index in [0.29, 0.717) is 38.5 Å². The minimum Gasteiger partial charge on any atom is -0.497 e. The first-order valence-electron chi connectivity index (χ1n) is 9.21. The maximum absolute atomic E-state index is 12.7. The monoisotopic (exact) mass is 412 g/mol. The van der Waals surface area contributed by atoms with E-state index in [2.05, 4.69) is 10.6 Å². The average Bonchev–Trinajstić information content (AvgIpc) is 2.68. The molecule has 1 atom stereocenters. The van der Waals surface area contributed by atoms with Crippen LogP contribution in [0.3, 0.4) is 0 Å². The van der Waals surface area contributed by atoms with Gasteiger partial charge in [-0.2, -0.15) is 4.31 Å². The number of ether oxygens (including phenoxy) is 1. The largest absolute Gasteiger partial charge is 0.497 e. The van der Waals surface area contributed by atoms with E-state index in [9.17, 15) is 18.0 Å². The summed E-state index contributed by atoms with van der Waals surface area (Å²) in [6, 6.07) is 5.67. The van der Waals surface area contributed by atoms with Gasteiger partial charge in [0.05, 0.1) is 18.6 Å². The molecule has 1 aliphatic rings. The highest BCUT2D eigenvalue weighted by Gasteiger charge is 2.29. The maximum Gasteiger partial charge on any atom is 0.243 e. The summed E-state index contributed by atoms with van der Waals surface area (Å²) in [5.41, 5.74) is 0. The van der Waals surface area contributed by atoms with Crippen molar-refractivity contribution in [1.82, 2.24) is 19.8 Å². The Balaban J connectivity index is 1.86. The van der Waals surface area contributed by atoms with E-state index >= 15 is 0 Å². The van der Waals surface area contributed by atoms with Crippen LogP contribution >= 0.6 is 0 Å². The lowest BCUT2D eigenvalue weighted by molar-refractivity contribution is -0.129. The van der Waals surface area contributed by atoms with E-state index in [0.717, 1.165) is 0 Å². The molecule has 9 nitrogen and oxygen atoms in total. The van der Waals surface area contributed by atoms with Gasteiger partial charge in [0.1, 0.15) is 11.8 Å². The van der Waals surface area contributed by atoms with Crippen molar-refractivity contribution in [3.63, 3.8) is 0 Å².